The van der Waals surface area contributed by atoms with Crippen LogP contribution in [0, 0.1) is 6.92 Å². The Bertz CT molecular complexity index is 545. The molecule has 2 N–H and O–H groups in total. The number of furan rings is 1. The van der Waals surface area contributed by atoms with Crippen LogP contribution in [0.25, 0.3) is 11.0 Å². The minimum atomic E-state index is -0.681. The highest BCUT2D eigenvalue weighted by atomic mass is 16.5. The van der Waals surface area contributed by atoms with Crippen molar-refractivity contribution in [2.24, 2.45) is 5.73 Å². The third kappa shape index (κ3) is 2.17. The van der Waals surface area contributed by atoms with Crippen LogP contribution in [0.1, 0.15) is 11.3 Å². The highest BCUT2D eigenvalue weighted by Crippen LogP contribution is 2.25. The van der Waals surface area contributed by atoms with E-state index >= 15 is 0 Å². The molecule has 0 radical (unpaired) electrons. The first-order valence-electron chi connectivity index (χ1n) is 5.44. The Kier molecular flexibility index (Phi) is 3.15. The lowest BCUT2D eigenvalue weighted by Gasteiger charge is -2.07. The van der Waals surface area contributed by atoms with E-state index in [2.05, 4.69) is 4.74 Å². The van der Waals surface area contributed by atoms with Crippen molar-refractivity contribution in [3.05, 3.63) is 35.6 Å². The largest absolute Gasteiger partial charge is 0.468 e. The number of para-hydroxylation sites is 1. The fourth-order valence-electron chi connectivity index (χ4n) is 1.85. The maximum atomic E-state index is 11.3. The summed E-state index contributed by atoms with van der Waals surface area (Å²) < 4.78 is 10.3. The summed E-state index contributed by atoms with van der Waals surface area (Å²) in [6.07, 6.45) is 0.354. The number of nitrogens with two attached hydrogens (primary N) is 1. The van der Waals surface area contributed by atoms with E-state index in [0.29, 0.717) is 6.42 Å². The number of rotatable bonds is 3. The van der Waals surface area contributed by atoms with Gasteiger partial charge in [0.25, 0.3) is 0 Å². The zero-order valence-electron chi connectivity index (χ0n) is 9.90. The first kappa shape index (κ1) is 11.7. The number of ether oxygens (including phenoxy) is 1. The summed E-state index contributed by atoms with van der Waals surface area (Å²) in [7, 11) is 1.33. The lowest BCUT2D eigenvalue weighted by molar-refractivity contribution is -0.142. The van der Waals surface area contributed by atoms with Gasteiger partial charge in [-0.3, -0.25) is 4.79 Å². The van der Waals surface area contributed by atoms with Crippen molar-refractivity contribution >= 4 is 16.9 Å². The smallest absolute Gasteiger partial charge is 0.323 e. The number of esters is 1. The molecule has 0 bridgehead atoms. The van der Waals surface area contributed by atoms with E-state index in [9.17, 15) is 4.79 Å². The molecule has 1 aromatic heterocycles. The molecule has 90 valence electrons. The molecule has 0 aliphatic carbocycles. The number of hydrogen-bond donors (Lipinski definition) is 1. The van der Waals surface area contributed by atoms with Gasteiger partial charge >= 0.3 is 5.97 Å². The summed E-state index contributed by atoms with van der Waals surface area (Å²) in [5.41, 5.74) is 7.56. The Morgan fingerprint density at radius 3 is 2.82 bits per heavy atom. The van der Waals surface area contributed by atoms with Gasteiger partial charge in [-0.05, 0) is 18.6 Å². The fraction of sp³-hybridized carbons (Fsp3) is 0.308. The first-order chi connectivity index (χ1) is 8.13. The fourth-order valence-corrected chi connectivity index (χ4v) is 1.85. The second kappa shape index (κ2) is 4.59. The Morgan fingerprint density at radius 2 is 2.18 bits per heavy atom. The van der Waals surface area contributed by atoms with Crippen molar-refractivity contribution < 1.29 is 13.9 Å². The molecule has 4 nitrogen and oxygen atoms in total. The van der Waals surface area contributed by atoms with Gasteiger partial charge in [-0.1, -0.05) is 18.2 Å². The van der Waals surface area contributed by atoms with Crippen molar-refractivity contribution in [2.45, 2.75) is 19.4 Å². The van der Waals surface area contributed by atoms with E-state index in [1.165, 1.54) is 7.11 Å². The maximum absolute atomic E-state index is 11.3. The maximum Gasteiger partial charge on any atom is 0.323 e. The van der Waals surface area contributed by atoms with Crippen LogP contribution in [0.15, 0.2) is 28.7 Å². The van der Waals surface area contributed by atoms with Crippen molar-refractivity contribution in [1.82, 2.24) is 0 Å². The lowest BCUT2D eigenvalue weighted by Crippen LogP contribution is -2.33. The molecule has 1 atom stereocenters. The van der Waals surface area contributed by atoms with Crippen molar-refractivity contribution in [3.63, 3.8) is 0 Å². The monoisotopic (exact) mass is 233 g/mol. The topological polar surface area (TPSA) is 65.5 Å². The second-order valence-electron chi connectivity index (χ2n) is 3.98. The van der Waals surface area contributed by atoms with Gasteiger partial charge in [0.15, 0.2) is 0 Å². The number of fused-ring (bicyclic) bond motifs is 1. The average molecular weight is 233 g/mol. The quantitative estimate of drug-likeness (QED) is 0.821. The molecular formula is C13H15NO3. The molecule has 0 aliphatic rings. The van der Waals surface area contributed by atoms with Crippen LogP contribution >= 0.6 is 0 Å². The predicted molar refractivity (Wildman–Crippen MR) is 64.6 cm³/mol. The lowest BCUT2D eigenvalue weighted by atomic mass is 10.1. The van der Waals surface area contributed by atoms with Crippen molar-refractivity contribution in [1.29, 1.82) is 0 Å². The second-order valence-corrected chi connectivity index (χ2v) is 3.98. The zero-order valence-corrected chi connectivity index (χ0v) is 9.90. The summed E-state index contributed by atoms with van der Waals surface area (Å²) in [5, 5.41) is 1.06. The Morgan fingerprint density at radius 1 is 1.47 bits per heavy atom. The van der Waals surface area contributed by atoms with E-state index < -0.39 is 12.0 Å². The molecule has 0 saturated carbocycles. The number of aryl methyl sites for hydroxylation is 1. The molecular weight excluding hydrogens is 218 g/mol. The highest BCUT2D eigenvalue weighted by Gasteiger charge is 2.19. The number of carbonyl (C=O) groups excluding carboxylic acids is 1. The molecule has 0 fully saturated rings. The van der Waals surface area contributed by atoms with E-state index in [-0.39, 0.29) is 0 Å². The summed E-state index contributed by atoms with van der Waals surface area (Å²) >= 11 is 0. The minimum absolute atomic E-state index is 0.354. The third-order valence-corrected chi connectivity index (χ3v) is 2.85. The van der Waals surface area contributed by atoms with E-state index in [1.807, 2.05) is 31.2 Å². The molecule has 1 aromatic carbocycles. The van der Waals surface area contributed by atoms with Gasteiger partial charge in [0.2, 0.25) is 0 Å². The van der Waals surface area contributed by atoms with Gasteiger partial charge in [-0.15, -0.1) is 0 Å². The third-order valence-electron chi connectivity index (χ3n) is 2.85. The van der Waals surface area contributed by atoms with Crippen molar-refractivity contribution in [3.8, 4) is 0 Å². The molecule has 17 heavy (non-hydrogen) atoms. The minimum Gasteiger partial charge on any atom is -0.468 e. The van der Waals surface area contributed by atoms with Crippen LogP contribution in [0.2, 0.25) is 0 Å². The van der Waals surface area contributed by atoms with Crippen LogP contribution in [0.4, 0.5) is 0 Å². The molecule has 0 saturated heterocycles. The SMILES string of the molecule is COC(=O)C(N)Cc1oc2ccccc2c1C. The summed E-state index contributed by atoms with van der Waals surface area (Å²) in [6.45, 7) is 1.96. The van der Waals surface area contributed by atoms with Gasteiger partial charge in [0.05, 0.1) is 7.11 Å². The van der Waals surface area contributed by atoms with Gasteiger partial charge in [0.1, 0.15) is 17.4 Å². The number of hydrogen-bond acceptors (Lipinski definition) is 4. The van der Waals surface area contributed by atoms with Crippen LogP contribution in [-0.2, 0) is 16.0 Å². The molecule has 2 rings (SSSR count). The summed E-state index contributed by atoms with van der Waals surface area (Å²) in [4.78, 5) is 11.3. The number of carbonyl (C=O) groups is 1. The van der Waals surface area contributed by atoms with Gasteiger partial charge in [-0.2, -0.15) is 0 Å². The first-order valence-corrected chi connectivity index (χ1v) is 5.44. The van der Waals surface area contributed by atoms with Crippen LogP contribution in [0.5, 0.6) is 0 Å². The van der Waals surface area contributed by atoms with Gasteiger partial charge < -0.3 is 14.9 Å². The normalized spacial score (nSPS) is 12.6. The van der Waals surface area contributed by atoms with E-state index in [1.54, 1.807) is 0 Å². The molecule has 0 amide bonds. The van der Waals surface area contributed by atoms with Crippen LogP contribution in [0.3, 0.4) is 0 Å². The molecule has 2 aromatic rings. The summed E-state index contributed by atoms with van der Waals surface area (Å²) in [5.74, 6) is 0.314. The molecule has 0 aliphatic heterocycles. The molecule has 1 heterocycles. The zero-order chi connectivity index (χ0) is 12.4. The van der Waals surface area contributed by atoms with Crippen molar-refractivity contribution in [2.75, 3.05) is 7.11 Å². The molecule has 4 heteroatoms. The predicted octanol–water partition coefficient (Wildman–Crippen LogP) is 1.78. The Labute approximate surface area is 99.3 Å². The Balaban J connectivity index is 2.30. The van der Waals surface area contributed by atoms with Gasteiger partial charge in [-0.25, -0.2) is 0 Å². The highest BCUT2D eigenvalue weighted by molar-refractivity contribution is 5.82. The number of methoxy groups -OCH3 is 1. The van der Waals surface area contributed by atoms with E-state index in [4.69, 9.17) is 10.2 Å². The van der Waals surface area contributed by atoms with Crippen LogP contribution < -0.4 is 5.73 Å². The summed E-state index contributed by atoms with van der Waals surface area (Å²) in [6, 6.07) is 7.07. The average Bonchev–Trinajstić information content (AvgIpc) is 2.66. The van der Waals surface area contributed by atoms with E-state index in [0.717, 1.165) is 22.3 Å². The Hall–Kier alpha value is -1.81. The van der Waals surface area contributed by atoms with Gasteiger partial charge in [0, 0.05) is 11.8 Å². The standard InChI is InChI=1S/C13H15NO3/c1-8-9-5-3-4-6-11(9)17-12(8)7-10(14)13(15)16-2/h3-6,10H,7,14H2,1-2H3. The van der Waals surface area contributed by atoms with Crippen LogP contribution in [-0.4, -0.2) is 19.1 Å². The number of benzene rings is 1. The molecule has 0 spiro atoms. The molecule has 1 unspecified atom stereocenters.